The third-order valence-corrected chi connectivity index (χ3v) is 3.78. The average Bonchev–Trinajstić information content (AvgIpc) is 2.43. The van der Waals surface area contributed by atoms with Gasteiger partial charge in [0.05, 0.1) is 6.04 Å². The Balaban J connectivity index is 2.18. The van der Waals surface area contributed by atoms with Crippen LogP contribution in [0.3, 0.4) is 0 Å². The smallest absolute Gasteiger partial charge is 0.252 e. The van der Waals surface area contributed by atoms with Gasteiger partial charge in [0.2, 0.25) is 0 Å². The van der Waals surface area contributed by atoms with Crippen LogP contribution in [0.15, 0.2) is 36.4 Å². The van der Waals surface area contributed by atoms with Crippen molar-refractivity contribution < 1.29 is 4.79 Å². The molecule has 0 bridgehead atoms. The Morgan fingerprint density at radius 3 is 2.29 bits per heavy atom. The summed E-state index contributed by atoms with van der Waals surface area (Å²) in [5.74, 6) is -0.0905. The average molecular weight is 282 g/mol. The number of carbonyl (C=O) groups is 1. The first kappa shape index (κ1) is 15.1. The molecular formula is C18H22N2O. The van der Waals surface area contributed by atoms with Crippen molar-refractivity contribution in [1.82, 2.24) is 5.32 Å². The van der Waals surface area contributed by atoms with Crippen molar-refractivity contribution in [3.8, 4) is 0 Å². The van der Waals surface area contributed by atoms with Crippen molar-refractivity contribution in [3.63, 3.8) is 0 Å². The second-order valence-corrected chi connectivity index (χ2v) is 5.63. The van der Waals surface area contributed by atoms with E-state index < -0.39 is 0 Å². The topological polar surface area (TPSA) is 55.1 Å². The molecule has 21 heavy (non-hydrogen) atoms. The number of hydrogen-bond acceptors (Lipinski definition) is 2. The molecule has 0 aromatic heterocycles. The number of nitrogens with two attached hydrogens (primary N) is 1. The minimum Gasteiger partial charge on any atom is -0.398 e. The maximum atomic E-state index is 12.4. The van der Waals surface area contributed by atoms with Gasteiger partial charge in [-0.25, -0.2) is 0 Å². The molecule has 0 saturated heterocycles. The number of rotatable bonds is 3. The van der Waals surface area contributed by atoms with E-state index in [-0.39, 0.29) is 11.9 Å². The van der Waals surface area contributed by atoms with Gasteiger partial charge in [-0.05, 0) is 50.5 Å². The highest BCUT2D eigenvalue weighted by molar-refractivity contribution is 5.97. The summed E-state index contributed by atoms with van der Waals surface area (Å²) in [4.78, 5) is 12.4. The molecule has 0 saturated carbocycles. The second kappa shape index (κ2) is 6.00. The molecule has 0 spiro atoms. The highest BCUT2D eigenvalue weighted by atomic mass is 16.1. The van der Waals surface area contributed by atoms with Crippen LogP contribution in [0.1, 0.15) is 45.6 Å². The summed E-state index contributed by atoms with van der Waals surface area (Å²) in [6, 6.07) is 11.8. The summed E-state index contributed by atoms with van der Waals surface area (Å²) in [5.41, 5.74) is 11.4. The fourth-order valence-corrected chi connectivity index (χ4v) is 2.33. The Labute approximate surface area is 126 Å². The minimum atomic E-state index is -0.0905. The van der Waals surface area contributed by atoms with Gasteiger partial charge in [-0.2, -0.15) is 0 Å². The molecule has 3 N–H and O–H groups in total. The van der Waals surface area contributed by atoms with Crippen LogP contribution in [0, 0.1) is 20.8 Å². The Morgan fingerprint density at radius 2 is 1.67 bits per heavy atom. The molecule has 0 fully saturated rings. The molecule has 2 aromatic rings. The molecule has 3 nitrogen and oxygen atoms in total. The Hall–Kier alpha value is -2.29. The lowest BCUT2D eigenvalue weighted by Crippen LogP contribution is -2.27. The number of carbonyl (C=O) groups excluding carboxylic acids is 1. The number of nitrogens with one attached hydrogen (secondary N) is 1. The summed E-state index contributed by atoms with van der Waals surface area (Å²) < 4.78 is 0. The van der Waals surface area contributed by atoms with E-state index in [0.29, 0.717) is 11.3 Å². The van der Waals surface area contributed by atoms with Gasteiger partial charge in [-0.3, -0.25) is 4.79 Å². The first-order chi connectivity index (χ1) is 9.88. The fourth-order valence-electron chi connectivity index (χ4n) is 2.33. The van der Waals surface area contributed by atoms with E-state index in [1.54, 1.807) is 6.07 Å². The normalized spacial score (nSPS) is 12.0. The molecule has 0 aliphatic carbocycles. The van der Waals surface area contributed by atoms with Crippen LogP contribution in [-0.2, 0) is 0 Å². The predicted molar refractivity (Wildman–Crippen MR) is 87.4 cm³/mol. The number of anilines is 1. The Bertz CT molecular complexity index is 660. The zero-order valence-electron chi connectivity index (χ0n) is 13.0. The molecular weight excluding hydrogens is 260 g/mol. The quantitative estimate of drug-likeness (QED) is 0.844. The summed E-state index contributed by atoms with van der Waals surface area (Å²) in [6.45, 7) is 7.90. The van der Waals surface area contributed by atoms with Crippen LogP contribution in [0.25, 0.3) is 0 Å². The summed E-state index contributed by atoms with van der Waals surface area (Å²) in [5, 5.41) is 3.02. The van der Waals surface area contributed by atoms with Crippen molar-refractivity contribution in [2.75, 3.05) is 5.73 Å². The number of aryl methyl sites for hydroxylation is 3. The zero-order chi connectivity index (χ0) is 15.6. The van der Waals surface area contributed by atoms with Gasteiger partial charge in [0.1, 0.15) is 0 Å². The van der Waals surface area contributed by atoms with Gasteiger partial charge in [0.25, 0.3) is 5.91 Å². The van der Waals surface area contributed by atoms with Crippen LogP contribution in [0.5, 0.6) is 0 Å². The van der Waals surface area contributed by atoms with E-state index in [9.17, 15) is 4.79 Å². The van der Waals surface area contributed by atoms with E-state index in [4.69, 9.17) is 5.73 Å². The van der Waals surface area contributed by atoms with Crippen molar-refractivity contribution in [1.29, 1.82) is 0 Å². The molecule has 2 aromatic carbocycles. The molecule has 1 atom stereocenters. The zero-order valence-corrected chi connectivity index (χ0v) is 13.0. The molecule has 110 valence electrons. The molecule has 0 radical (unpaired) electrons. The van der Waals surface area contributed by atoms with Crippen LogP contribution < -0.4 is 11.1 Å². The SMILES string of the molecule is Cc1ccc(C(C)NC(=O)c2cc(N)c(C)cc2C)cc1. The van der Waals surface area contributed by atoms with Crippen molar-refractivity contribution in [2.45, 2.75) is 33.7 Å². The molecule has 0 aliphatic rings. The molecule has 0 aliphatic heterocycles. The largest absolute Gasteiger partial charge is 0.398 e. The monoisotopic (exact) mass is 282 g/mol. The van der Waals surface area contributed by atoms with Gasteiger partial charge in [0, 0.05) is 11.3 Å². The van der Waals surface area contributed by atoms with E-state index in [1.807, 2.05) is 58.0 Å². The molecule has 1 unspecified atom stereocenters. The fraction of sp³-hybridized carbons (Fsp3) is 0.278. The maximum Gasteiger partial charge on any atom is 0.252 e. The van der Waals surface area contributed by atoms with Crippen molar-refractivity contribution in [2.24, 2.45) is 0 Å². The van der Waals surface area contributed by atoms with Crippen molar-refractivity contribution in [3.05, 3.63) is 64.2 Å². The van der Waals surface area contributed by atoms with Crippen LogP contribution in [-0.4, -0.2) is 5.91 Å². The highest BCUT2D eigenvalue weighted by Crippen LogP contribution is 2.19. The van der Waals surface area contributed by atoms with Gasteiger partial charge >= 0.3 is 0 Å². The van der Waals surface area contributed by atoms with Crippen LogP contribution >= 0.6 is 0 Å². The molecule has 3 heteroatoms. The summed E-state index contributed by atoms with van der Waals surface area (Å²) in [6.07, 6.45) is 0. The standard InChI is InChI=1S/C18H22N2O/c1-11-5-7-15(8-6-11)14(4)20-18(21)16-10-17(19)13(3)9-12(16)2/h5-10,14H,19H2,1-4H3,(H,20,21). The Morgan fingerprint density at radius 1 is 1.05 bits per heavy atom. The third kappa shape index (κ3) is 3.43. The second-order valence-electron chi connectivity index (χ2n) is 5.63. The van der Waals surface area contributed by atoms with E-state index >= 15 is 0 Å². The van der Waals surface area contributed by atoms with Crippen LogP contribution in [0.2, 0.25) is 0 Å². The number of nitrogen functional groups attached to an aromatic ring is 1. The minimum absolute atomic E-state index is 0.0416. The van der Waals surface area contributed by atoms with Crippen molar-refractivity contribution >= 4 is 11.6 Å². The highest BCUT2D eigenvalue weighted by Gasteiger charge is 2.14. The van der Waals surface area contributed by atoms with Gasteiger partial charge in [-0.1, -0.05) is 35.9 Å². The first-order valence-corrected chi connectivity index (χ1v) is 7.12. The van der Waals surface area contributed by atoms with E-state index in [2.05, 4.69) is 5.32 Å². The lowest BCUT2D eigenvalue weighted by molar-refractivity contribution is 0.0939. The van der Waals surface area contributed by atoms with Crippen LogP contribution in [0.4, 0.5) is 5.69 Å². The first-order valence-electron chi connectivity index (χ1n) is 7.12. The summed E-state index contributed by atoms with van der Waals surface area (Å²) in [7, 11) is 0. The number of benzene rings is 2. The number of hydrogen-bond donors (Lipinski definition) is 2. The van der Waals surface area contributed by atoms with E-state index in [0.717, 1.165) is 16.7 Å². The lowest BCUT2D eigenvalue weighted by atomic mass is 10.0. The number of amides is 1. The predicted octanol–water partition coefficient (Wildman–Crippen LogP) is 3.69. The summed E-state index contributed by atoms with van der Waals surface area (Å²) >= 11 is 0. The maximum absolute atomic E-state index is 12.4. The van der Waals surface area contributed by atoms with E-state index in [1.165, 1.54) is 5.56 Å². The third-order valence-electron chi connectivity index (χ3n) is 3.78. The molecule has 0 heterocycles. The van der Waals surface area contributed by atoms with Gasteiger partial charge in [-0.15, -0.1) is 0 Å². The van der Waals surface area contributed by atoms with Gasteiger partial charge < -0.3 is 11.1 Å². The lowest BCUT2D eigenvalue weighted by Gasteiger charge is -2.16. The van der Waals surface area contributed by atoms with Gasteiger partial charge in [0.15, 0.2) is 0 Å². The Kier molecular flexibility index (Phi) is 4.32. The molecule has 1 amide bonds. The molecule has 2 rings (SSSR count).